The molecule has 1 aliphatic rings. The van der Waals surface area contributed by atoms with Gasteiger partial charge in [0.15, 0.2) is 11.5 Å². The van der Waals surface area contributed by atoms with E-state index in [1.807, 2.05) is 0 Å². The zero-order chi connectivity index (χ0) is 23.0. The molecule has 2 rings (SSSR count). The van der Waals surface area contributed by atoms with Crippen LogP contribution in [-0.4, -0.2) is 82.8 Å². The molecule has 1 amide bonds. The molecule has 0 unspecified atom stereocenters. The maximum Gasteiger partial charge on any atom is 0.415 e. The summed E-state index contributed by atoms with van der Waals surface area (Å²) in [5.74, 6) is 0.208. The highest BCUT2D eigenvalue weighted by Gasteiger charge is 2.28. The number of nitrogens with two attached hydrogens (primary N) is 1. The van der Waals surface area contributed by atoms with E-state index in [0.29, 0.717) is 37.9 Å². The van der Waals surface area contributed by atoms with E-state index in [0.717, 1.165) is 18.0 Å². The van der Waals surface area contributed by atoms with Gasteiger partial charge in [-0.3, -0.25) is 14.6 Å². The summed E-state index contributed by atoms with van der Waals surface area (Å²) in [6, 6.07) is 3.12. The second-order valence-corrected chi connectivity index (χ2v) is 8.01. The highest BCUT2D eigenvalue weighted by atomic mass is 16.6. The zero-order valence-electron chi connectivity index (χ0n) is 18.9. The van der Waals surface area contributed by atoms with Crippen LogP contribution in [-0.2, 0) is 19.0 Å². The van der Waals surface area contributed by atoms with E-state index in [-0.39, 0.29) is 17.9 Å². The second kappa shape index (κ2) is 11.1. The van der Waals surface area contributed by atoms with Gasteiger partial charge in [-0.25, -0.2) is 4.79 Å². The molecule has 1 fully saturated rings. The Bertz CT molecular complexity index is 758. The first-order chi connectivity index (χ1) is 14.6. The molecule has 0 spiro atoms. The Labute approximate surface area is 183 Å². The quantitative estimate of drug-likeness (QED) is 0.479. The predicted octanol–water partition coefficient (Wildman–Crippen LogP) is 1.90. The Balaban J connectivity index is 2.26. The van der Waals surface area contributed by atoms with Gasteiger partial charge in [-0.2, -0.15) is 0 Å². The lowest BCUT2D eigenvalue weighted by Crippen LogP contribution is -2.40. The molecule has 0 radical (unpaired) electrons. The molecule has 31 heavy (non-hydrogen) atoms. The third-order valence-electron chi connectivity index (χ3n) is 4.50. The van der Waals surface area contributed by atoms with Crippen LogP contribution >= 0.6 is 0 Å². The number of hydrogen-bond acceptors (Lipinski definition) is 9. The minimum absolute atomic E-state index is 0.229. The Morgan fingerprint density at radius 1 is 1.16 bits per heavy atom. The Kier molecular flexibility index (Phi) is 8.76. The summed E-state index contributed by atoms with van der Waals surface area (Å²) in [7, 11) is 2.75. The summed E-state index contributed by atoms with van der Waals surface area (Å²) in [4.78, 5) is 28.1. The number of anilines is 2. The molecule has 0 aromatic heterocycles. The summed E-state index contributed by atoms with van der Waals surface area (Å²) in [5.41, 5.74) is 5.91. The number of nitrogens with zero attached hydrogens (tertiary/aromatic N) is 2. The Morgan fingerprint density at radius 3 is 2.42 bits per heavy atom. The lowest BCUT2D eigenvalue weighted by Gasteiger charge is -2.28. The molecule has 0 aliphatic carbocycles. The van der Waals surface area contributed by atoms with Gasteiger partial charge in [0.05, 0.1) is 38.8 Å². The van der Waals surface area contributed by atoms with Crippen molar-refractivity contribution in [1.29, 1.82) is 0 Å². The zero-order valence-corrected chi connectivity index (χ0v) is 18.9. The molecule has 10 heteroatoms. The summed E-state index contributed by atoms with van der Waals surface area (Å²) in [5, 5.41) is 0. The normalized spacial score (nSPS) is 14.6. The van der Waals surface area contributed by atoms with E-state index in [1.54, 1.807) is 32.9 Å². The van der Waals surface area contributed by atoms with Crippen LogP contribution in [0.1, 0.15) is 20.8 Å². The van der Waals surface area contributed by atoms with Gasteiger partial charge in [-0.05, 0) is 20.8 Å². The van der Waals surface area contributed by atoms with Crippen molar-refractivity contribution in [2.24, 2.45) is 0 Å². The van der Waals surface area contributed by atoms with Crippen molar-refractivity contribution in [2.75, 3.05) is 70.9 Å². The first-order valence-electron chi connectivity index (χ1n) is 10.1. The maximum absolute atomic E-state index is 12.8. The number of benzene rings is 1. The van der Waals surface area contributed by atoms with E-state index >= 15 is 0 Å². The molecule has 0 atom stereocenters. The van der Waals surface area contributed by atoms with Crippen LogP contribution in [0.5, 0.6) is 11.5 Å². The van der Waals surface area contributed by atoms with E-state index in [9.17, 15) is 9.59 Å². The number of carbonyl (C=O) groups is 2. The minimum atomic E-state index is -0.760. The third kappa shape index (κ3) is 7.48. The number of ether oxygens (including phenoxy) is 5. The highest BCUT2D eigenvalue weighted by molar-refractivity contribution is 5.97. The molecule has 0 bridgehead atoms. The summed E-state index contributed by atoms with van der Waals surface area (Å²) < 4.78 is 26.8. The molecule has 1 aromatic rings. The van der Waals surface area contributed by atoms with Crippen molar-refractivity contribution in [3.05, 3.63) is 12.1 Å². The minimum Gasteiger partial charge on any atom is -0.493 e. The van der Waals surface area contributed by atoms with Gasteiger partial charge in [0, 0.05) is 31.8 Å². The summed E-state index contributed by atoms with van der Waals surface area (Å²) in [6.45, 7) is 9.05. The lowest BCUT2D eigenvalue weighted by molar-refractivity contribution is -0.139. The van der Waals surface area contributed by atoms with Gasteiger partial charge in [0.1, 0.15) is 18.8 Å². The maximum atomic E-state index is 12.8. The van der Waals surface area contributed by atoms with Gasteiger partial charge in [-0.1, -0.05) is 0 Å². The summed E-state index contributed by atoms with van der Waals surface area (Å²) >= 11 is 0. The van der Waals surface area contributed by atoms with Crippen LogP contribution in [0.25, 0.3) is 0 Å². The molecule has 1 aliphatic heterocycles. The fourth-order valence-electron chi connectivity index (χ4n) is 2.94. The van der Waals surface area contributed by atoms with Crippen molar-refractivity contribution in [3.63, 3.8) is 0 Å². The number of esters is 1. The van der Waals surface area contributed by atoms with Crippen molar-refractivity contribution >= 4 is 23.4 Å². The van der Waals surface area contributed by atoms with E-state index in [2.05, 4.69) is 4.90 Å². The third-order valence-corrected chi connectivity index (χ3v) is 4.50. The molecular formula is C21H33N3O7. The van der Waals surface area contributed by atoms with Gasteiger partial charge < -0.3 is 29.4 Å². The lowest BCUT2D eigenvalue weighted by atomic mass is 10.2. The molecule has 0 saturated carbocycles. The molecule has 1 aromatic carbocycles. The molecule has 1 saturated heterocycles. The van der Waals surface area contributed by atoms with Crippen molar-refractivity contribution in [1.82, 2.24) is 4.90 Å². The molecule has 2 N–H and O–H groups in total. The highest BCUT2D eigenvalue weighted by Crippen LogP contribution is 2.37. The first-order valence-corrected chi connectivity index (χ1v) is 10.1. The van der Waals surface area contributed by atoms with Gasteiger partial charge in [0.25, 0.3) is 0 Å². The van der Waals surface area contributed by atoms with Gasteiger partial charge >= 0.3 is 12.1 Å². The molecule has 10 nitrogen and oxygen atoms in total. The smallest absolute Gasteiger partial charge is 0.415 e. The number of amides is 1. The largest absolute Gasteiger partial charge is 0.493 e. The van der Waals surface area contributed by atoms with E-state index in [4.69, 9.17) is 29.4 Å². The monoisotopic (exact) mass is 439 g/mol. The number of hydrogen-bond donors (Lipinski definition) is 1. The average Bonchev–Trinajstić information content (AvgIpc) is 2.72. The molecular weight excluding hydrogens is 406 g/mol. The van der Waals surface area contributed by atoms with Crippen LogP contribution in [0.3, 0.4) is 0 Å². The SMILES string of the molecule is COC(=O)CN(C(=O)OC(C)(C)C)c1cc(OCCN2CCOCC2)c(OC)cc1N. The number of morpholine rings is 1. The van der Waals surface area contributed by atoms with Crippen LogP contribution in [0, 0.1) is 0 Å². The first kappa shape index (κ1) is 24.5. The number of methoxy groups -OCH3 is 2. The van der Waals surface area contributed by atoms with Gasteiger partial charge in [0.2, 0.25) is 0 Å². The predicted molar refractivity (Wildman–Crippen MR) is 116 cm³/mol. The van der Waals surface area contributed by atoms with Gasteiger partial charge in [-0.15, -0.1) is 0 Å². The second-order valence-electron chi connectivity index (χ2n) is 8.01. The van der Waals surface area contributed by atoms with Crippen LogP contribution < -0.4 is 20.1 Å². The molecule has 1 heterocycles. The van der Waals surface area contributed by atoms with E-state index in [1.165, 1.54) is 14.2 Å². The Morgan fingerprint density at radius 2 is 1.84 bits per heavy atom. The standard InChI is InChI=1S/C21H33N3O7/c1-21(2,3)31-20(26)24(14-19(25)28-5)16-13-18(17(27-4)12-15(16)22)30-11-8-23-6-9-29-10-7-23/h12-13H,6-11,14,22H2,1-5H3. The number of nitrogen functional groups attached to an aromatic ring is 1. The summed E-state index contributed by atoms with van der Waals surface area (Å²) in [6.07, 6.45) is -0.728. The van der Waals surface area contributed by atoms with Crippen LogP contribution in [0.4, 0.5) is 16.2 Å². The average molecular weight is 440 g/mol. The van der Waals surface area contributed by atoms with E-state index < -0.39 is 17.7 Å². The Hall–Kier alpha value is -2.72. The van der Waals surface area contributed by atoms with Crippen molar-refractivity contribution < 1.29 is 33.3 Å². The molecule has 174 valence electrons. The fraction of sp³-hybridized carbons (Fsp3) is 0.619. The van der Waals surface area contributed by atoms with Crippen LogP contribution in [0.15, 0.2) is 12.1 Å². The van der Waals surface area contributed by atoms with Crippen molar-refractivity contribution in [2.45, 2.75) is 26.4 Å². The number of rotatable bonds is 8. The topological polar surface area (TPSA) is 113 Å². The number of carbonyl (C=O) groups excluding carboxylic acids is 2. The van der Waals surface area contributed by atoms with Crippen LogP contribution in [0.2, 0.25) is 0 Å². The fourth-order valence-corrected chi connectivity index (χ4v) is 2.94. The van der Waals surface area contributed by atoms with Crippen molar-refractivity contribution in [3.8, 4) is 11.5 Å².